The summed E-state index contributed by atoms with van der Waals surface area (Å²) in [6.07, 6.45) is -3.14. The molecule has 0 atom stereocenters. The zero-order chi connectivity index (χ0) is 23.7. The summed E-state index contributed by atoms with van der Waals surface area (Å²) < 4.78 is 28.7. The van der Waals surface area contributed by atoms with Crippen LogP contribution in [0.4, 0.5) is 20.2 Å². The van der Waals surface area contributed by atoms with Gasteiger partial charge in [0.25, 0.3) is 6.43 Å². The number of nitrogens with zero attached hydrogens (tertiary/aromatic N) is 5. The highest BCUT2D eigenvalue weighted by molar-refractivity contribution is 6.42. The van der Waals surface area contributed by atoms with E-state index in [2.05, 4.69) is 15.5 Å². The van der Waals surface area contributed by atoms with Crippen molar-refractivity contribution in [3.63, 3.8) is 0 Å². The molecule has 0 saturated carbocycles. The Morgan fingerprint density at radius 3 is 2.41 bits per heavy atom. The second-order valence-electron chi connectivity index (χ2n) is 7.03. The number of benzene rings is 1. The second kappa shape index (κ2) is 9.21. The summed E-state index contributed by atoms with van der Waals surface area (Å²) in [6, 6.07) is 5.19. The molecule has 2 heterocycles. The number of halogens is 4. The van der Waals surface area contributed by atoms with Crippen LogP contribution >= 0.6 is 23.2 Å². The Balaban J connectivity index is 1.79. The van der Waals surface area contributed by atoms with E-state index in [1.54, 1.807) is 36.7 Å². The van der Waals surface area contributed by atoms with Crippen molar-refractivity contribution in [3.05, 3.63) is 66.7 Å². The molecule has 9 nitrogen and oxygen atoms in total. The van der Waals surface area contributed by atoms with Crippen LogP contribution in [0.2, 0.25) is 10.0 Å². The molecule has 0 aliphatic heterocycles. The van der Waals surface area contributed by atoms with E-state index >= 15 is 0 Å². The molecule has 0 unspecified atom stereocenters. The zero-order valence-electron chi connectivity index (χ0n) is 17.2. The van der Waals surface area contributed by atoms with Crippen LogP contribution in [-0.4, -0.2) is 30.4 Å². The van der Waals surface area contributed by atoms with E-state index in [0.29, 0.717) is 33.7 Å². The lowest BCUT2D eigenvalue weighted by Gasteiger charge is -2.09. The highest BCUT2D eigenvalue weighted by atomic mass is 35.5. The molecule has 0 saturated heterocycles. The van der Waals surface area contributed by atoms with Gasteiger partial charge in [0.2, 0.25) is 11.6 Å². The molecular formula is C19H18Cl2F2N6O3. The molecule has 3 aromatic rings. The van der Waals surface area contributed by atoms with Crippen molar-refractivity contribution < 1.29 is 18.5 Å². The second-order valence-corrected chi connectivity index (χ2v) is 7.85. The lowest BCUT2D eigenvalue weighted by atomic mass is 10.2. The predicted octanol–water partition coefficient (Wildman–Crippen LogP) is 4.84. The molecule has 32 heavy (non-hydrogen) atoms. The minimum Gasteiger partial charge on any atom is -0.321 e. The molecule has 0 aliphatic carbocycles. The maximum absolute atomic E-state index is 13.1. The predicted molar refractivity (Wildman–Crippen MR) is 114 cm³/mol. The summed E-state index contributed by atoms with van der Waals surface area (Å²) in [5.74, 6) is -0.591. The fourth-order valence-corrected chi connectivity index (χ4v) is 3.56. The molecule has 170 valence electrons. The van der Waals surface area contributed by atoms with E-state index in [9.17, 15) is 23.7 Å². The van der Waals surface area contributed by atoms with Gasteiger partial charge in [0.15, 0.2) is 0 Å². The van der Waals surface area contributed by atoms with E-state index in [1.807, 2.05) is 0 Å². The van der Waals surface area contributed by atoms with Gasteiger partial charge >= 0.3 is 5.69 Å². The lowest BCUT2D eigenvalue weighted by Crippen LogP contribution is -2.21. The summed E-state index contributed by atoms with van der Waals surface area (Å²) in [5.41, 5.74) is 0.581. The smallest absolute Gasteiger partial charge is 0.319 e. The van der Waals surface area contributed by atoms with Crippen LogP contribution < -0.4 is 5.32 Å². The van der Waals surface area contributed by atoms with Gasteiger partial charge in [0.05, 0.1) is 38.6 Å². The van der Waals surface area contributed by atoms with E-state index in [-0.39, 0.29) is 5.69 Å². The van der Waals surface area contributed by atoms with Crippen LogP contribution in [0, 0.1) is 30.9 Å². The zero-order valence-corrected chi connectivity index (χ0v) is 18.7. The van der Waals surface area contributed by atoms with Gasteiger partial charge in [-0.2, -0.15) is 10.2 Å². The first-order valence-electron chi connectivity index (χ1n) is 9.27. The van der Waals surface area contributed by atoms with Crippen molar-refractivity contribution in [3.8, 4) is 0 Å². The average Bonchev–Trinajstić information content (AvgIpc) is 3.16. The van der Waals surface area contributed by atoms with E-state index in [0.717, 1.165) is 10.2 Å². The fourth-order valence-electron chi connectivity index (χ4n) is 3.24. The summed E-state index contributed by atoms with van der Waals surface area (Å²) in [4.78, 5) is 22.7. The maximum atomic E-state index is 13.1. The van der Waals surface area contributed by atoms with E-state index in [4.69, 9.17) is 23.2 Å². The Morgan fingerprint density at radius 1 is 1.16 bits per heavy atom. The summed E-state index contributed by atoms with van der Waals surface area (Å²) >= 11 is 12.0. The topological polar surface area (TPSA) is 108 Å². The van der Waals surface area contributed by atoms with Gasteiger partial charge in [-0.3, -0.25) is 24.3 Å². The van der Waals surface area contributed by atoms with Gasteiger partial charge < -0.3 is 5.32 Å². The van der Waals surface area contributed by atoms with Crippen molar-refractivity contribution in [2.75, 3.05) is 5.32 Å². The van der Waals surface area contributed by atoms with Crippen LogP contribution in [0.25, 0.3) is 0 Å². The largest absolute Gasteiger partial charge is 0.321 e. The van der Waals surface area contributed by atoms with Crippen molar-refractivity contribution >= 4 is 40.5 Å². The molecule has 1 aromatic carbocycles. The average molecular weight is 487 g/mol. The molecule has 3 rings (SSSR count). The van der Waals surface area contributed by atoms with Gasteiger partial charge in [-0.15, -0.1) is 0 Å². The van der Waals surface area contributed by atoms with Crippen LogP contribution in [0.1, 0.15) is 34.8 Å². The SMILES string of the molecule is Cc1nn(Cc2ccc(Cl)c(Cl)c2)c(C)c1NC(=O)Cn1nc(C(F)F)c([N+](=O)[O-])c1C. The van der Waals surface area contributed by atoms with Crippen molar-refractivity contribution in [1.82, 2.24) is 19.6 Å². The van der Waals surface area contributed by atoms with Crippen LogP contribution in [0.15, 0.2) is 18.2 Å². The van der Waals surface area contributed by atoms with Crippen molar-refractivity contribution in [1.29, 1.82) is 0 Å². The molecule has 1 N–H and O–H groups in total. The number of nitro groups is 1. The number of amides is 1. The Bertz CT molecular complexity index is 1210. The first-order chi connectivity index (χ1) is 15.0. The monoisotopic (exact) mass is 486 g/mol. The number of hydrogen-bond acceptors (Lipinski definition) is 5. The molecule has 1 amide bonds. The third kappa shape index (κ3) is 4.73. The molecule has 13 heteroatoms. The Morgan fingerprint density at radius 2 is 1.84 bits per heavy atom. The van der Waals surface area contributed by atoms with Gasteiger partial charge in [-0.05, 0) is 38.5 Å². The quantitative estimate of drug-likeness (QED) is 0.379. The molecule has 0 aliphatic rings. The van der Waals surface area contributed by atoms with Crippen LogP contribution in [0.3, 0.4) is 0 Å². The number of anilines is 1. The number of aryl methyl sites for hydroxylation is 1. The number of nitrogens with one attached hydrogen (secondary N) is 1. The number of carbonyl (C=O) groups is 1. The molecule has 0 radical (unpaired) electrons. The summed E-state index contributed by atoms with van der Waals surface area (Å²) in [6.45, 7) is 4.62. The highest BCUT2D eigenvalue weighted by Crippen LogP contribution is 2.31. The molecule has 2 aromatic heterocycles. The Labute approximate surface area is 191 Å². The normalized spacial score (nSPS) is 11.2. The van der Waals surface area contributed by atoms with Crippen LogP contribution in [-0.2, 0) is 17.9 Å². The minimum absolute atomic E-state index is 0.135. The van der Waals surface area contributed by atoms with Crippen LogP contribution in [0.5, 0.6) is 0 Å². The molecule has 0 spiro atoms. The number of rotatable bonds is 7. The number of carbonyl (C=O) groups excluding carboxylic acids is 1. The van der Waals surface area contributed by atoms with Gasteiger partial charge in [0, 0.05) is 0 Å². The lowest BCUT2D eigenvalue weighted by molar-refractivity contribution is -0.386. The minimum atomic E-state index is -3.14. The summed E-state index contributed by atoms with van der Waals surface area (Å²) in [5, 5.41) is 22.6. The fraction of sp³-hybridized carbons (Fsp3) is 0.316. The molecule has 0 fully saturated rings. The maximum Gasteiger partial charge on any atom is 0.319 e. The van der Waals surface area contributed by atoms with Gasteiger partial charge in [0.1, 0.15) is 12.2 Å². The number of aromatic nitrogens is 4. The third-order valence-electron chi connectivity index (χ3n) is 4.85. The van der Waals surface area contributed by atoms with Crippen molar-refractivity contribution in [2.24, 2.45) is 0 Å². The Hall–Kier alpha value is -3.05. The molecular weight excluding hydrogens is 469 g/mol. The Kier molecular flexibility index (Phi) is 6.79. The first kappa shape index (κ1) is 23.6. The highest BCUT2D eigenvalue weighted by Gasteiger charge is 2.31. The van der Waals surface area contributed by atoms with Gasteiger partial charge in [-0.25, -0.2) is 8.78 Å². The first-order valence-corrected chi connectivity index (χ1v) is 10.0. The third-order valence-corrected chi connectivity index (χ3v) is 5.58. The number of alkyl halides is 2. The van der Waals surface area contributed by atoms with E-state index < -0.39 is 35.2 Å². The molecule has 0 bridgehead atoms. The summed E-state index contributed by atoms with van der Waals surface area (Å²) in [7, 11) is 0. The van der Waals surface area contributed by atoms with Gasteiger partial charge in [-0.1, -0.05) is 29.3 Å². The number of hydrogen-bond donors (Lipinski definition) is 1. The standard InChI is InChI=1S/C19H18Cl2F2N6O3/c1-9-16(10(2)27(25-9)7-12-4-5-13(20)14(21)6-12)24-15(30)8-28-11(3)18(29(31)32)17(26-28)19(22)23/h4-6,19H,7-8H2,1-3H3,(H,24,30). The van der Waals surface area contributed by atoms with Crippen molar-refractivity contribution in [2.45, 2.75) is 40.3 Å². The van der Waals surface area contributed by atoms with E-state index in [1.165, 1.54) is 6.92 Å².